The second kappa shape index (κ2) is 8.94. The highest BCUT2D eigenvalue weighted by atomic mass is 16.5. The van der Waals surface area contributed by atoms with Crippen molar-refractivity contribution in [1.82, 2.24) is 14.5 Å². The van der Waals surface area contributed by atoms with Crippen LogP contribution in [0.4, 0.5) is 11.5 Å². The van der Waals surface area contributed by atoms with Gasteiger partial charge in [0.15, 0.2) is 5.65 Å². The van der Waals surface area contributed by atoms with E-state index in [0.29, 0.717) is 34.8 Å². The molecule has 1 amide bonds. The minimum atomic E-state index is -0.277. The number of aryl methyl sites for hydroxylation is 1. The van der Waals surface area contributed by atoms with Gasteiger partial charge in [-0.05, 0) is 24.3 Å². The Morgan fingerprint density at radius 1 is 1.03 bits per heavy atom. The standard InChI is InChI=1S/C24H26N6O2/c25-22-20(24(31)26-17-7-2-1-3-8-17)21-23(28-19-10-5-4-9-18(19)27-21)30(22)12-6-11-29-13-15-32-16-14-29/h1-5,7-10H,6,11-16,25H2,(H,26,31)/p+1. The van der Waals surface area contributed by atoms with Crippen LogP contribution in [0.25, 0.3) is 22.2 Å². The average molecular weight is 432 g/mol. The third kappa shape index (κ3) is 4.02. The number of rotatable bonds is 6. The van der Waals surface area contributed by atoms with Gasteiger partial charge in [-0.1, -0.05) is 30.3 Å². The number of benzene rings is 2. The first-order valence-electron chi connectivity index (χ1n) is 11.0. The molecule has 0 radical (unpaired) electrons. The van der Waals surface area contributed by atoms with Crippen LogP contribution in [0.3, 0.4) is 0 Å². The van der Waals surface area contributed by atoms with E-state index in [4.69, 9.17) is 20.4 Å². The van der Waals surface area contributed by atoms with E-state index in [1.165, 1.54) is 4.90 Å². The van der Waals surface area contributed by atoms with Crippen molar-refractivity contribution in [2.75, 3.05) is 43.9 Å². The molecule has 0 saturated carbocycles. The molecule has 1 fully saturated rings. The fourth-order valence-corrected chi connectivity index (χ4v) is 4.28. The van der Waals surface area contributed by atoms with Gasteiger partial charge >= 0.3 is 0 Å². The molecule has 2 aromatic carbocycles. The highest BCUT2D eigenvalue weighted by molar-refractivity contribution is 6.16. The second-order valence-electron chi connectivity index (χ2n) is 8.08. The third-order valence-corrected chi connectivity index (χ3v) is 5.96. The number of nitrogens with zero attached hydrogens (tertiary/aromatic N) is 3. The largest absolute Gasteiger partial charge is 0.384 e. The van der Waals surface area contributed by atoms with E-state index >= 15 is 0 Å². The number of ether oxygens (including phenoxy) is 1. The highest BCUT2D eigenvalue weighted by Gasteiger charge is 2.24. The number of nitrogens with one attached hydrogen (secondary N) is 2. The number of amides is 1. The number of nitrogen functional groups attached to an aromatic ring is 1. The monoisotopic (exact) mass is 431 g/mol. The van der Waals surface area contributed by atoms with Gasteiger partial charge < -0.3 is 25.3 Å². The number of quaternary nitrogens is 1. The average Bonchev–Trinajstić information content (AvgIpc) is 3.09. The van der Waals surface area contributed by atoms with Gasteiger partial charge in [-0.25, -0.2) is 9.97 Å². The predicted octanol–water partition coefficient (Wildman–Crippen LogP) is 1.72. The normalized spacial score (nSPS) is 14.8. The number of hydrogen-bond acceptors (Lipinski definition) is 5. The number of aromatic nitrogens is 3. The molecule has 4 aromatic rings. The summed E-state index contributed by atoms with van der Waals surface area (Å²) in [6.45, 7) is 5.37. The molecule has 0 atom stereocenters. The molecule has 32 heavy (non-hydrogen) atoms. The molecule has 0 bridgehead atoms. The molecular formula is C24H27N6O2+. The van der Waals surface area contributed by atoms with Crippen LogP contribution < -0.4 is 16.0 Å². The van der Waals surface area contributed by atoms with E-state index in [1.807, 2.05) is 59.2 Å². The van der Waals surface area contributed by atoms with Gasteiger partial charge in [0.05, 0.1) is 30.8 Å². The summed E-state index contributed by atoms with van der Waals surface area (Å²) in [4.78, 5) is 24.4. The lowest BCUT2D eigenvalue weighted by molar-refractivity contribution is -0.908. The smallest absolute Gasteiger partial charge is 0.261 e. The molecule has 0 aliphatic carbocycles. The Morgan fingerprint density at radius 2 is 1.72 bits per heavy atom. The number of carbonyl (C=O) groups excluding carboxylic acids is 1. The number of fused-ring (bicyclic) bond motifs is 2. The summed E-state index contributed by atoms with van der Waals surface area (Å²) in [6, 6.07) is 17.0. The van der Waals surface area contributed by atoms with Crippen molar-refractivity contribution in [1.29, 1.82) is 0 Å². The number of nitrogens with two attached hydrogens (primary N) is 1. The van der Waals surface area contributed by atoms with Crippen molar-refractivity contribution in [3.8, 4) is 0 Å². The SMILES string of the molecule is Nc1c(C(=O)Nc2ccccc2)c2nc3ccccc3nc2n1CCC[NH+]1CCOCC1. The van der Waals surface area contributed by atoms with E-state index < -0.39 is 0 Å². The lowest BCUT2D eigenvalue weighted by Gasteiger charge is -2.23. The molecule has 0 unspecified atom stereocenters. The molecule has 8 heteroatoms. The zero-order valence-corrected chi connectivity index (χ0v) is 17.9. The number of para-hydroxylation sites is 3. The molecule has 1 saturated heterocycles. The van der Waals surface area contributed by atoms with Crippen LogP contribution in [-0.4, -0.2) is 53.3 Å². The summed E-state index contributed by atoms with van der Waals surface area (Å²) in [7, 11) is 0. The Labute approximate surface area is 186 Å². The van der Waals surface area contributed by atoms with Crippen molar-refractivity contribution in [2.45, 2.75) is 13.0 Å². The molecule has 3 heterocycles. The third-order valence-electron chi connectivity index (χ3n) is 5.96. The van der Waals surface area contributed by atoms with Crippen LogP contribution in [0.5, 0.6) is 0 Å². The fraction of sp³-hybridized carbons (Fsp3) is 0.292. The molecule has 164 valence electrons. The van der Waals surface area contributed by atoms with E-state index in [0.717, 1.165) is 50.3 Å². The lowest BCUT2D eigenvalue weighted by Crippen LogP contribution is -3.14. The Balaban J connectivity index is 1.50. The Bertz CT molecular complexity index is 1250. The molecule has 2 aromatic heterocycles. The van der Waals surface area contributed by atoms with Crippen molar-refractivity contribution < 1.29 is 14.4 Å². The van der Waals surface area contributed by atoms with Crippen molar-refractivity contribution in [3.63, 3.8) is 0 Å². The first kappa shape index (κ1) is 20.4. The zero-order valence-electron chi connectivity index (χ0n) is 17.9. The van der Waals surface area contributed by atoms with Gasteiger partial charge in [-0.15, -0.1) is 0 Å². The maximum Gasteiger partial charge on any atom is 0.261 e. The van der Waals surface area contributed by atoms with Crippen molar-refractivity contribution in [2.24, 2.45) is 0 Å². The summed E-state index contributed by atoms with van der Waals surface area (Å²) in [5.74, 6) is 0.126. The number of morpholine rings is 1. The van der Waals surface area contributed by atoms with E-state index in [-0.39, 0.29) is 5.91 Å². The highest BCUT2D eigenvalue weighted by Crippen LogP contribution is 2.28. The van der Waals surface area contributed by atoms with E-state index in [9.17, 15) is 4.79 Å². The summed E-state index contributed by atoms with van der Waals surface area (Å²) < 4.78 is 7.39. The van der Waals surface area contributed by atoms with Gasteiger partial charge in [-0.2, -0.15) is 0 Å². The first-order chi connectivity index (χ1) is 15.7. The van der Waals surface area contributed by atoms with Crippen molar-refractivity contribution in [3.05, 3.63) is 60.2 Å². The van der Waals surface area contributed by atoms with Crippen LogP contribution >= 0.6 is 0 Å². The first-order valence-corrected chi connectivity index (χ1v) is 11.0. The van der Waals surface area contributed by atoms with Gasteiger partial charge in [0, 0.05) is 18.7 Å². The number of carbonyl (C=O) groups is 1. The Hall–Kier alpha value is -3.49. The maximum atomic E-state index is 13.2. The van der Waals surface area contributed by atoms with Crippen LogP contribution in [0.15, 0.2) is 54.6 Å². The zero-order chi connectivity index (χ0) is 21.9. The van der Waals surface area contributed by atoms with Crippen LogP contribution in [-0.2, 0) is 11.3 Å². The fourth-order valence-electron chi connectivity index (χ4n) is 4.28. The van der Waals surface area contributed by atoms with Gasteiger partial charge in [0.25, 0.3) is 5.91 Å². The number of anilines is 2. The second-order valence-corrected chi connectivity index (χ2v) is 8.08. The summed E-state index contributed by atoms with van der Waals surface area (Å²) >= 11 is 0. The minimum Gasteiger partial charge on any atom is -0.384 e. The Morgan fingerprint density at radius 3 is 2.47 bits per heavy atom. The van der Waals surface area contributed by atoms with Crippen LogP contribution in [0.2, 0.25) is 0 Å². The maximum absolute atomic E-state index is 13.2. The van der Waals surface area contributed by atoms with E-state index in [2.05, 4.69) is 5.32 Å². The molecule has 0 spiro atoms. The Kier molecular flexibility index (Phi) is 5.70. The van der Waals surface area contributed by atoms with Crippen molar-refractivity contribution >= 4 is 39.6 Å². The van der Waals surface area contributed by atoms with Gasteiger partial charge in [0.1, 0.15) is 30.0 Å². The summed E-state index contributed by atoms with van der Waals surface area (Å²) in [5.41, 5.74) is 10.3. The summed E-state index contributed by atoms with van der Waals surface area (Å²) in [6.07, 6.45) is 0.928. The summed E-state index contributed by atoms with van der Waals surface area (Å²) in [5, 5.41) is 2.94. The number of hydrogen-bond donors (Lipinski definition) is 3. The van der Waals surface area contributed by atoms with E-state index in [1.54, 1.807) is 0 Å². The molecule has 1 aliphatic heterocycles. The molecular weight excluding hydrogens is 404 g/mol. The van der Waals surface area contributed by atoms with Gasteiger partial charge in [0.2, 0.25) is 0 Å². The topological polar surface area (TPSA) is 99.5 Å². The molecule has 4 N–H and O–H groups in total. The van der Waals surface area contributed by atoms with Crippen LogP contribution in [0.1, 0.15) is 16.8 Å². The molecule has 1 aliphatic rings. The molecule has 5 rings (SSSR count). The molecule has 8 nitrogen and oxygen atoms in total. The van der Waals surface area contributed by atoms with Gasteiger partial charge in [-0.3, -0.25) is 4.79 Å². The quantitative estimate of drug-likeness (QED) is 0.432. The minimum absolute atomic E-state index is 0.277. The lowest BCUT2D eigenvalue weighted by atomic mass is 10.2. The van der Waals surface area contributed by atoms with Crippen LogP contribution in [0, 0.1) is 0 Å². The predicted molar refractivity (Wildman–Crippen MR) is 125 cm³/mol.